The van der Waals surface area contributed by atoms with Gasteiger partial charge in [-0.1, -0.05) is 11.6 Å². The van der Waals surface area contributed by atoms with E-state index in [0.29, 0.717) is 47.2 Å². The Bertz CT molecular complexity index is 764. The molecule has 24 heavy (non-hydrogen) atoms. The van der Waals surface area contributed by atoms with Crippen LogP contribution in [-0.2, 0) is 9.47 Å². The minimum Gasteiger partial charge on any atom is -0.486 e. The molecule has 0 aliphatic carbocycles. The first-order valence-corrected chi connectivity index (χ1v) is 8.18. The third-order valence-electron chi connectivity index (χ3n) is 3.59. The molecular formula is C17H18ClNO5. The molecule has 1 aromatic heterocycles. The van der Waals surface area contributed by atoms with Crippen molar-refractivity contribution in [1.82, 2.24) is 4.98 Å². The summed E-state index contributed by atoms with van der Waals surface area (Å²) in [5.74, 6) is 0.662. The molecule has 0 bridgehead atoms. The molecule has 2 heterocycles. The van der Waals surface area contributed by atoms with Gasteiger partial charge in [-0.2, -0.15) is 0 Å². The lowest BCUT2D eigenvalue weighted by Crippen LogP contribution is -2.33. The second kappa shape index (κ2) is 7.23. The molecule has 1 unspecified atom stereocenters. The fraction of sp³-hybridized carbons (Fsp3) is 0.412. The van der Waals surface area contributed by atoms with Crippen molar-refractivity contribution in [1.29, 1.82) is 0 Å². The van der Waals surface area contributed by atoms with Crippen molar-refractivity contribution < 1.29 is 23.7 Å². The summed E-state index contributed by atoms with van der Waals surface area (Å²) in [7, 11) is 0. The number of carbonyl (C=O) groups excluding carboxylic acids is 1. The fourth-order valence-electron chi connectivity index (χ4n) is 2.45. The van der Waals surface area contributed by atoms with Crippen LogP contribution in [0, 0.1) is 0 Å². The highest BCUT2D eigenvalue weighted by Gasteiger charge is 2.24. The summed E-state index contributed by atoms with van der Waals surface area (Å²) < 4.78 is 22.0. The molecule has 6 nitrogen and oxygen atoms in total. The van der Waals surface area contributed by atoms with Crippen LogP contribution in [0.5, 0.6) is 11.5 Å². The van der Waals surface area contributed by atoms with E-state index < -0.39 is 5.97 Å². The highest BCUT2D eigenvalue weighted by atomic mass is 35.5. The maximum Gasteiger partial charge on any atom is 0.341 e. The molecule has 0 amide bonds. The van der Waals surface area contributed by atoms with Gasteiger partial charge >= 0.3 is 5.97 Å². The van der Waals surface area contributed by atoms with Crippen LogP contribution < -0.4 is 9.47 Å². The van der Waals surface area contributed by atoms with E-state index in [4.69, 9.17) is 30.5 Å². The topological polar surface area (TPSA) is 66.9 Å². The molecule has 128 valence electrons. The number of halogens is 1. The van der Waals surface area contributed by atoms with Crippen molar-refractivity contribution in [3.63, 3.8) is 0 Å². The van der Waals surface area contributed by atoms with Gasteiger partial charge in [-0.3, -0.25) is 4.98 Å². The first-order valence-electron chi connectivity index (χ1n) is 7.80. The first kappa shape index (κ1) is 16.8. The van der Waals surface area contributed by atoms with Crippen molar-refractivity contribution in [2.45, 2.75) is 20.0 Å². The van der Waals surface area contributed by atoms with Crippen LogP contribution in [-0.4, -0.2) is 43.5 Å². The summed E-state index contributed by atoms with van der Waals surface area (Å²) in [6.45, 7) is 5.41. The maximum absolute atomic E-state index is 11.9. The number of hydrogen-bond acceptors (Lipinski definition) is 6. The second-order valence-corrected chi connectivity index (χ2v) is 5.61. The van der Waals surface area contributed by atoms with E-state index in [9.17, 15) is 4.79 Å². The van der Waals surface area contributed by atoms with Crippen LogP contribution in [0.4, 0.5) is 0 Å². The van der Waals surface area contributed by atoms with E-state index in [2.05, 4.69) is 4.98 Å². The van der Waals surface area contributed by atoms with Gasteiger partial charge < -0.3 is 18.9 Å². The molecule has 0 saturated heterocycles. The molecule has 1 aromatic carbocycles. The van der Waals surface area contributed by atoms with Crippen LogP contribution in [0.25, 0.3) is 10.9 Å². The van der Waals surface area contributed by atoms with E-state index in [1.165, 1.54) is 6.20 Å². The number of carbonyl (C=O) groups is 1. The Labute approximate surface area is 144 Å². The number of aromatic nitrogens is 1. The SMILES string of the molecule is CCOCC1COc2cc3c(Cl)c(C(=O)OCC)cnc3cc2O1. The minimum atomic E-state index is -0.497. The molecule has 2 aromatic rings. The number of hydrogen-bond donors (Lipinski definition) is 0. The van der Waals surface area contributed by atoms with Gasteiger partial charge in [0, 0.05) is 24.3 Å². The standard InChI is InChI=1S/C17H18ClNO5/c1-3-21-8-10-9-23-14-5-11-13(6-15(14)24-10)19-7-12(16(11)18)17(20)22-4-2/h5-7,10H,3-4,8-9H2,1-2H3. The van der Waals surface area contributed by atoms with E-state index in [1.54, 1.807) is 19.1 Å². The average Bonchev–Trinajstić information content (AvgIpc) is 2.59. The Balaban J connectivity index is 1.94. The van der Waals surface area contributed by atoms with Crippen LogP contribution in [0.1, 0.15) is 24.2 Å². The number of fused-ring (bicyclic) bond motifs is 2. The van der Waals surface area contributed by atoms with Crippen molar-refractivity contribution in [2.75, 3.05) is 26.4 Å². The van der Waals surface area contributed by atoms with Crippen LogP contribution in [0.15, 0.2) is 18.3 Å². The Kier molecular flexibility index (Phi) is 5.06. The van der Waals surface area contributed by atoms with E-state index in [1.807, 2.05) is 6.92 Å². The lowest BCUT2D eigenvalue weighted by Gasteiger charge is -2.26. The molecule has 0 N–H and O–H groups in total. The van der Waals surface area contributed by atoms with Crippen LogP contribution in [0.2, 0.25) is 5.02 Å². The van der Waals surface area contributed by atoms with Gasteiger partial charge in [-0.05, 0) is 19.9 Å². The van der Waals surface area contributed by atoms with Gasteiger partial charge in [-0.25, -0.2) is 4.79 Å². The van der Waals surface area contributed by atoms with Gasteiger partial charge in [0.2, 0.25) is 0 Å². The van der Waals surface area contributed by atoms with Crippen molar-refractivity contribution in [3.05, 3.63) is 28.9 Å². The Morgan fingerprint density at radius 1 is 1.33 bits per heavy atom. The number of esters is 1. The van der Waals surface area contributed by atoms with E-state index in [0.717, 1.165) is 0 Å². The molecule has 0 saturated carbocycles. The Morgan fingerprint density at radius 3 is 2.92 bits per heavy atom. The summed E-state index contributed by atoms with van der Waals surface area (Å²) in [5, 5.41) is 0.911. The summed E-state index contributed by atoms with van der Waals surface area (Å²) >= 11 is 6.35. The van der Waals surface area contributed by atoms with Crippen molar-refractivity contribution in [3.8, 4) is 11.5 Å². The predicted molar refractivity (Wildman–Crippen MR) is 89.1 cm³/mol. The molecule has 1 atom stereocenters. The monoisotopic (exact) mass is 351 g/mol. The molecular weight excluding hydrogens is 334 g/mol. The lowest BCUT2D eigenvalue weighted by molar-refractivity contribution is 0.0129. The van der Waals surface area contributed by atoms with E-state index in [-0.39, 0.29) is 18.3 Å². The molecule has 0 spiro atoms. The number of nitrogens with zero attached hydrogens (tertiary/aromatic N) is 1. The zero-order valence-corrected chi connectivity index (χ0v) is 14.3. The molecule has 1 aliphatic rings. The summed E-state index contributed by atoms with van der Waals surface area (Å²) in [6.07, 6.45) is 1.25. The lowest BCUT2D eigenvalue weighted by atomic mass is 10.1. The van der Waals surface area contributed by atoms with Gasteiger partial charge in [0.05, 0.1) is 29.3 Å². The Hall–Kier alpha value is -2.05. The molecule has 7 heteroatoms. The number of benzene rings is 1. The number of ether oxygens (including phenoxy) is 4. The third kappa shape index (κ3) is 3.25. The quantitative estimate of drug-likeness (QED) is 0.770. The highest BCUT2D eigenvalue weighted by molar-refractivity contribution is 6.38. The largest absolute Gasteiger partial charge is 0.486 e. The van der Waals surface area contributed by atoms with Crippen LogP contribution in [0.3, 0.4) is 0 Å². The van der Waals surface area contributed by atoms with E-state index >= 15 is 0 Å². The van der Waals surface area contributed by atoms with Crippen molar-refractivity contribution >= 4 is 28.5 Å². The highest BCUT2D eigenvalue weighted by Crippen LogP contribution is 2.38. The smallest absolute Gasteiger partial charge is 0.341 e. The maximum atomic E-state index is 11.9. The summed E-state index contributed by atoms with van der Waals surface area (Å²) in [6, 6.07) is 3.49. The van der Waals surface area contributed by atoms with Crippen molar-refractivity contribution in [2.24, 2.45) is 0 Å². The number of rotatable bonds is 5. The van der Waals surface area contributed by atoms with Gasteiger partial charge in [-0.15, -0.1) is 0 Å². The summed E-state index contributed by atoms with van der Waals surface area (Å²) in [4.78, 5) is 16.2. The van der Waals surface area contributed by atoms with Gasteiger partial charge in [0.15, 0.2) is 17.6 Å². The Morgan fingerprint density at radius 2 is 2.17 bits per heavy atom. The second-order valence-electron chi connectivity index (χ2n) is 5.23. The molecule has 1 aliphatic heterocycles. The predicted octanol–water partition coefficient (Wildman–Crippen LogP) is 3.24. The molecule has 3 rings (SSSR count). The number of pyridine rings is 1. The van der Waals surface area contributed by atoms with Gasteiger partial charge in [0.1, 0.15) is 6.61 Å². The zero-order valence-electron chi connectivity index (χ0n) is 13.5. The molecule has 0 radical (unpaired) electrons. The van der Waals surface area contributed by atoms with Gasteiger partial charge in [0.25, 0.3) is 0 Å². The summed E-state index contributed by atoms with van der Waals surface area (Å²) in [5.41, 5.74) is 0.851. The fourth-order valence-corrected chi connectivity index (χ4v) is 2.73. The third-order valence-corrected chi connectivity index (χ3v) is 4.00. The first-order chi connectivity index (χ1) is 11.6. The average molecular weight is 352 g/mol. The normalized spacial score (nSPS) is 16.2. The van der Waals surface area contributed by atoms with Crippen LogP contribution >= 0.6 is 11.6 Å². The molecule has 0 fully saturated rings. The minimum absolute atomic E-state index is 0.163. The zero-order chi connectivity index (χ0) is 17.1.